The lowest BCUT2D eigenvalue weighted by atomic mass is 9.99. The van der Waals surface area contributed by atoms with E-state index in [0.29, 0.717) is 22.2 Å². The van der Waals surface area contributed by atoms with Crippen molar-refractivity contribution < 1.29 is 18.7 Å². The molecule has 0 atom stereocenters. The number of methoxy groups -OCH3 is 2. The van der Waals surface area contributed by atoms with Gasteiger partial charge in [-0.3, -0.25) is 10.1 Å². The number of hydrogen-bond donors (Lipinski definition) is 1. The maximum absolute atomic E-state index is 14.8. The molecule has 3 heterocycles. The third-order valence-corrected chi connectivity index (χ3v) is 5.14. The molecule has 0 bridgehead atoms. The monoisotopic (exact) mass is 413 g/mol. The number of fused-ring (bicyclic) bond motifs is 1. The topological polar surface area (TPSA) is 90.6 Å². The minimum absolute atomic E-state index is 0.179. The van der Waals surface area contributed by atoms with Crippen molar-refractivity contribution in [3.63, 3.8) is 0 Å². The molecule has 0 unspecified atom stereocenters. The first-order valence-corrected chi connectivity index (χ1v) is 9.33. The van der Waals surface area contributed by atoms with E-state index >= 15 is 0 Å². The maximum Gasteiger partial charge on any atom is 0.295 e. The van der Waals surface area contributed by atoms with Crippen LogP contribution in [0.3, 0.4) is 0 Å². The molecule has 0 aliphatic rings. The van der Waals surface area contributed by atoms with Gasteiger partial charge in [0, 0.05) is 23.7 Å². The van der Waals surface area contributed by atoms with Crippen LogP contribution in [0.4, 0.5) is 9.52 Å². The number of pyridine rings is 1. The number of hydrogen-bond acceptors (Lipinski definition) is 7. The molecule has 0 saturated heterocycles. The van der Waals surface area contributed by atoms with Crippen LogP contribution in [0, 0.1) is 12.7 Å². The molecule has 0 saturated carbocycles. The predicted molar refractivity (Wildman–Crippen MR) is 106 cm³/mol. The van der Waals surface area contributed by atoms with Crippen molar-refractivity contribution in [2.75, 3.05) is 19.5 Å². The summed E-state index contributed by atoms with van der Waals surface area (Å²) in [6.45, 7) is 1.86. The fraction of sp³-hybridized carbons (Fsp3) is 0.158. The molecule has 8 nitrogen and oxygen atoms in total. The Morgan fingerprint density at radius 1 is 1.24 bits per heavy atom. The molecule has 0 aliphatic carbocycles. The van der Waals surface area contributed by atoms with Crippen LogP contribution in [-0.2, 0) is 0 Å². The molecule has 3 aromatic heterocycles. The number of aryl methyl sites for hydroxylation is 1. The molecule has 10 heteroatoms. The minimum Gasteiger partial charge on any atom is -0.496 e. The number of aromatic nitrogens is 4. The second kappa shape index (κ2) is 7.47. The third kappa shape index (κ3) is 3.38. The lowest BCUT2D eigenvalue weighted by molar-refractivity contribution is 0.102. The fourth-order valence-electron chi connectivity index (χ4n) is 2.98. The fourth-order valence-corrected chi connectivity index (χ4v) is 3.53. The average Bonchev–Trinajstić information content (AvgIpc) is 3.33. The van der Waals surface area contributed by atoms with Crippen LogP contribution >= 0.6 is 11.3 Å². The summed E-state index contributed by atoms with van der Waals surface area (Å²) in [5, 5.41) is 10.9. The van der Waals surface area contributed by atoms with Crippen LogP contribution in [0.2, 0.25) is 0 Å². The van der Waals surface area contributed by atoms with E-state index < -0.39 is 11.7 Å². The highest BCUT2D eigenvalue weighted by Gasteiger charge is 2.22. The Kier molecular flexibility index (Phi) is 4.85. The van der Waals surface area contributed by atoms with Crippen molar-refractivity contribution >= 4 is 28.0 Å². The number of benzene rings is 1. The van der Waals surface area contributed by atoms with Crippen LogP contribution < -0.4 is 14.8 Å². The molecule has 29 heavy (non-hydrogen) atoms. The van der Waals surface area contributed by atoms with Gasteiger partial charge in [0.25, 0.3) is 11.1 Å². The lowest BCUT2D eigenvalue weighted by Crippen LogP contribution is -2.15. The normalized spacial score (nSPS) is 10.9. The van der Waals surface area contributed by atoms with Crippen molar-refractivity contribution in [3.05, 3.63) is 53.7 Å². The number of anilines is 1. The number of ether oxygens (including phenoxy) is 2. The highest BCUT2D eigenvalue weighted by atomic mass is 32.1. The summed E-state index contributed by atoms with van der Waals surface area (Å²) >= 11 is 1.08. The van der Waals surface area contributed by atoms with Crippen molar-refractivity contribution in [2.24, 2.45) is 0 Å². The molecule has 0 aliphatic heterocycles. The zero-order valence-corrected chi connectivity index (χ0v) is 16.6. The summed E-state index contributed by atoms with van der Waals surface area (Å²) in [4.78, 5) is 17.4. The second-order valence-corrected chi connectivity index (χ2v) is 7.02. The Labute approximate surface area is 168 Å². The number of rotatable bonds is 5. The minimum atomic E-state index is -0.511. The molecule has 4 aromatic rings. The average molecular weight is 413 g/mol. The molecule has 1 aromatic carbocycles. The number of imidazole rings is 1. The Bertz CT molecular complexity index is 1220. The van der Waals surface area contributed by atoms with Crippen LogP contribution in [-0.4, -0.2) is 39.7 Å². The molecule has 1 N–H and O–H groups in total. The highest BCUT2D eigenvalue weighted by Crippen LogP contribution is 2.36. The number of carbonyl (C=O) groups excluding carboxylic acids is 1. The van der Waals surface area contributed by atoms with Gasteiger partial charge in [-0.05, 0) is 36.5 Å². The van der Waals surface area contributed by atoms with E-state index in [9.17, 15) is 9.18 Å². The van der Waals surface area contributed by atoms with E-state index in [1.165, 1.54) is 20.3 Å². The number of carbonyl (C=O) groups is 1. The number of amides is 1. The van der Waals surface area contributed by atoms with Gasteiger partial charge in [-0.15, -0.1) is 5.10 Å². The predicted octanol–water partition coefficient (Wildman–Crippen LogP) is 3.57. The largest absolute Gasteiger partial charge is 0.496 e. The zero-order chi connectivity index (χ0) is 20.5. The summed E-state index contributed by atoms with van der Waals surface area (Å²) in [5.41, 5.74) is 2.18. The molecule has 4 rings (SSSR count). The van der Waals surface area contributed by atoms with E-state index in [0.717, 1.165) is 17.0 Å². The molecular weight excluding hydrogens is 397 g/mol. The van der Waals surface area contributed by atoms with Gasteiger partial charge in [-0.2, -0.15) is 0 Å². The molecular formula is C19H16FN5O3S. The summed E-state index contributed by atoms with van der Waals surface area (Å²) in [5.74, 6) is -0.674. The summed E-state index contributed by atoms with van der Waals surface area (Å²) in [6.07, 6.45) is 3.29. The highest BCUT2D eigenvalue weighted by molar-refractivity contribution is 7.17. The SMILES string of the molecule is COc1nnc(NC(=O)c2cn3c(C)cnc3cc2-c2c(F)cccc2OC)s1. The maximum atomic E-state index is 14.8. The van der Waals surface area contributed by atoms with Gasteiger partial charge in [0.1, 0.15) is 17.2 Å². The van der Waals surface area contributed by atoms with E-state index in [1.807, 2.05) is 6.92 Å². The first kappa shape index (κ1) is 18.8. The van der Waals surface area contributed by atoms with Crippen LogP contribution in [0.1, 0.15) is 16.1 Å². The van der Waals surface area contributed by atoms with Gasteiger partial charge in [-0.1, -0.05) is 11.2 Å². The van der Waals surface area contributed by atoms with Gasteiger partial charge in [0.2, 0.25) is 5.13 Å². The van der Waals surface area contributed by atoms with Crippen molar-refractivity contribution in [3.8, 4) is 22.1 Å². The number of nitrogens with one attached hydrogen (secondary N) is 1. The first-order chi connectivity index (χ1) is 14.0. The molecule has 0 radical (unpaired) electrons. The van der Waals surface area contributed by atoms with Crippen LogP contribution in [0.25, 0.3) is 16.8 Å². The molecule has 0 fully saturated rings. The van der Waals surface area contributed by atoms with Crippen LogP contribution in [0.5, 0.6) is 10.9 Å². The number of halogens is 1. The van der Waals surface area contributed by atoms with Crippen molar-refractivity contribution in [1.82, 2.24) is 19.6 Å². The van der Waals surface area contributed by atoms with Gasteiger partial charge in [0.15, 0.2) is 0 Å². The molecule has 148 valence electrons. The smallest absolute Gasteiger partial charge is 0.295 e. The van der Waals surface area contributed by atoms with Gasteiger partial charge in [0.05, 0.1) is 25.3 Å². The summed E-state index contributed by atoms with van der Waals surface area (Å²) < 4.78 is 26.9. The summed E-state index contributed by atoms with van der Waals surface area (Å²) in [7, 11) is 2.91. The quantitative estimate of drug-likeness (QED) is 0.538. The van der Waals surface area contributed by atoms with Crippen LogP contribution in [0.15, 0.2) is 36.7 Å². The van der Waals surface area contributed by atoms with Crippen molar-refractivity contribution in [2.45, 2.75) is 6.92 Å². The first-order valence-electron chi connectivity index (χ1n) is 8.51. The Morgan fingerprint density at radius 3 is 2.79 bits per heavy atom. The standard InChI is InChI=1S/C19H16FN5O3S/c1-10-8-21-15-7-11(16-13(20)5-4-6-14(16)27-2)12(9-25(10)15)17(26)22-18-23-24-19(28-3)29-18/h4-9H,1-3H3,(H,22,23,26). The van der Waals surface area contributed by atoms with E-state index in [1.54, 1.807) is 35.0 Å². The van der Waals surface area contributed by atoms with E-state index in [2.05, 4.69) is 20.5 Å². The molecule has 0 spiro atoms. The van der Waals surface area contributed by atoms with E-state index in [-0.39, 0.29) is 16.3 Å². The Hall–Kier alpha value is -3.53. The van der Waals surface area contributed by atoms with Gasteiger partial charge >= 0.3 is 0 Å². The van der Waals surface area contributed by atoms with Crippen molar-refractivity contribution in [1.29, 1.82) is 0 Å². The van der Waals surface area contributed by atoms with Gasteiger partial charge in [-0.25, -0.2) is 9.37 Å². The van der Waals surface area contributed by atoms with E-state index in [4.69, 9.17) is 9.47 Å². The van der Waals surface area contributed by atoms with Gasteiger partial charge < -0.3 is 13.9 Å². The Balaban J connectivity index is 1.89. The number of nitrogens with zero attached hydrogens (tertiary/aromatic N) is 4. The summed E-state index contributed by atoms with van der Waals surface area (Å²) in [6, 6.07) is 6.15. The second-order valence-electron chi connectivity index (χ2n) is 6.08. The Morgan fingerprint density at radius 2 is 2.07 bits per heavy atom. The molecule has 1 amide bonds. The lowest BCUT2D eigenvalue weighted by Gasteiger charge is -2.14. The zero-order valence-electron chi connectivity index (χ0n) is 15.8. The third-order valence-electron chi connectivity index (χ3n) is 4.34.